The highest BCUT2D eigenvalue weighted by atomic mass is 32.2. The van der Waals surface area contributed by atoms with E-state index in [0.717, 1.165) is 32.1 Å². The van der Waals surface area contributed by atoms with Crippen molar-refractivity contribution in [3.8, 4) is 0 Å². The summed E-state index contributed by atoms with van der Waals surface area (Å²) < 4.78 is 0. The van der Waals surface area contributed by atoms with E-state index in [1.54, 1.807) is 0 Å². The first-order valence-corrected chi connectivity index (χ1v) is 9.10. The standard InChI is InChI=1S/C15H24N2O2S/c1-20-12-6-4-5-11(12)17-10-7-13(18)16-15(14(17)19)8-2-3-9-15/h11-12H,2-10H2,1H3,(H,16,18). The Bertz CT molecular complexity index is 407. The number of carbonyl (C=O) groups is 2. The summed E-state index contributed by atoms with van der Waals surface area (Å²) >= 11 is 1.88. The van der Waals surface area contributed by atoms with Gasteiger partial charge in [0.15, 0.2) is 0 Å². The third-order valence-corrected chi connectivity index (χ3v) is 6.36. The van der Waals surface area contributed by atoms with Gasteiger partial charge in [0.05, 0.1) is 0 Å². The summed E-state index contributed by atoms with van der Waals surface area (Å²) in [6.45, 7) is 0.605. The van der Waals surface area contributed by atoms with Crippen LogP contribution in [0.3, 0.4) is 0 Å². The molecule has 5 heteroatoms. The van der Waals surface area contributed by atoms with E-state index in [4.69, 9.17) is 0 Å². The molecule has 0 aromatic heterocycles. The fourth-order valence-corrected chi connectivity index (χ4v) is 5.15. The van der Waals surface area contributed by atoms with Crippen LogP contribution in [0.15, 0.2) is 0 Å². The number of carbonyl (C=O) groups excluding carboxylic acids is 2. The normalized spacial score (nSPS) is 33.5. The second-order valence-corrected chi connectivity index (χ2v) is 7.44. The van der Waals surface area contributed by atoms with E-state index in [0.29, 0.717) is 24.3 Å². The number of nitrogens with one attached hydrogen (secondary N) is 1. The topological polar surface area (TPSA) is 49.4 Å². The van der Waals surface area contributed by atoms with Gasteiger partial charge in [-0.2, -0.15) is 11.8 Å². The summed E-state index contributed by atoms with van der Waals surface area (Å²) in [5.41, 5.74) is -0.570. The van der Waals surface area contributed by atoms with E-state index >= 15 is 0 Å². The SMILES string of the molecule is CSC1CCCC1N1CCC(=O)NC2(CCCC2)C1=O. The van der Waals surface area contributed by atoms with Crippen molar-refractivity contribution in [1.29, 1.82) is 0 Å². The van der Waals surface area contributed by atoms with Crippen LogP contribution in [0.4, 0.5) is 0 Å². The Morgan fingerprint density at radius 3 is 2.65 bits per heavy atom. The van der Waals surface area contributed by atoms with Gasteiger partial charge in [-0.1, -0.05) is 19.3 Å². The number of amides is 2. The van der Waals surface area contributed by atoms with Crippen LogP contribution < -0.4 is 5.32 Å². The van der Waals surface area contributed by atoms with Gasteiger partial charge in [0.1, 0.15) is 5.54 Å². The molecule has 1 heterocycles. The molecule has 112 valence electrons. The molecule has 3 rings (SSSR count). The molecule has 2 atom stereocenters. The van der Waals surface area contributed by atoms with Crippen molar-refractivity contribution >= 4 is 23.6 Å². The fourth-order valence-electron chi connectivity index (χ4n) is 4.15. The molecule has 0 aromatic carbocycles. The summed E-state index contributed by atoms with van der Waals surface area (Å²) in [6.07, 6.45) is 9.85. The molecule has 2 aliphatic carbocycles. The third-order valence-electron chi connectivity index (χ3n) is 5.21. The van der Waals surface area contributed by atoms with Crippen LogP contribution in [0.1, 0.15) is 51.4 Å². The van der Waals surface area contributed by atoms with Crippen LogP contribution in [0.25, 0.3) is 0 Å². The van der Waals surface area contributed by atoms with Crippen molar-refractivity contribution < 1.29 is 9.59 Å². The number of hydrogen-bond donors (Lipinski definition) is 1. The average Bonchev–Trinajstić information content (AvgIpc) is 3.05. The lowest BCUT2D eigenvalue weighted by molar-refractivity contribution is -0.140. The Labute approximate surface area is 125 Å². The molecule has 0 bridgehead atoms. The molecule has 20 heavy (non-hydrogen) atoms. The predicted molar refractivity (Wildman–Crippen MR) is 80.6 cm³/mol. The van der Waals surface area contributed by atoms with Crippen LogP contribution in [-0.4, -0.2) is 46.3 Å². The van der Waals surface area contributed by atoms with Crippen molar-refractivity contribution in [2.45, 2.75) is 68.2 Å². The van der Waals surface area contributed by atoms with Crippen molar-refractivity contribution in [2.75, 3.05) is 12.8 Å². The molecule has 3 aliphatic rings. The third kappa shape index (κ3) is 2.34. The van der Waals surface area contributed by atoms with Gasteiger partial charge in [-0.25, -0.2) is 0 Å². The minimum absolute atomic E-state index is 0.0569. The number of hydrogen-bond acceptors (Lipinski definition) is 3. The first-order chi connectivity index (χ1) is 9.66. The zero-order chi connectivity index (χ0) is 14.2. The summed E-state index contributed by atoms with van der Waals surface area (Å²) in [5, 5.41) is 3.60. The molecule has 0 aromatic rings. The highest BCUT2D eigenvalue weighted by molar-refractivity contribution is 7.99. The van der Waals surface area contributed by atoms with Gasteiger partial charge in [0.2, 0.25) is 11.8 Å². The second kappa shape index (κ2) is 5.58. The predicted octanol–water partition coefficient (Wildman–Crippen LogP) is 1.93. The Kier molecular flexibility index (Phi) is 3.98. The van der Waals surface area contributed by atoms with E-state index in [1.807, 2.05) is 11.8 Å². The smallest absolute Gasteiger partial charge is 0.248 e. The van der Waals surface area contributed by atoms with Gasteiger partial charge in [-0.15, -0.1) is 0 Å². The molecule has 1 saturated heterocycles. The van der Waals surface area contributed by atoms with Gasteiger partial charge in [-0.05, 0) is 31.9 Å². The lowest BCUT2D eigenvalue weighted by atomic mass is 9.95. The first-order valence-electron chi connectivity index (χ1n) is 7.81. The van der Waals surface area contributed by atoms with Crippen LogP contribution >= 0.6 is 11.8 Å². The Morgan fingerprint density at radius 2 is 1.95 bits per heavy atom. The minimum Gasteiger partial charge on any atom is -0.342 e. The highest BCUT2D eigenvalue weighted by Crippen LogP contribution is 2.38. The van der Waals surface area contributed by atoms with Gasteiger partial charge >= 0.3 is 0 Å². The molecule has 4 nitrogen and oxygen atoms in total. The zero-order valence-electron chi connectivity index (χ0n) is 12.2. The van der Waals surface area contributed by atoms with Gasteiger partial charge in [-0.3, -0.25) is 9.59 Å². The molecule has 0 radical (unpaired) electrons. The summed E-state index contributed by atoms with van der Waals surface area (Å²) in [7, 11) is 0. The highest BCUT2D eigenvalue weighted by Gasteiger charge is 2.49. The van der Waals surface area contributed by atoms with Crippen LogP contribution in [-0.2, 0) is 9.59 Å². The van der Waals surface area contributed by atoms with E-state index in [2.05, 4.69) is 16.5 Å². The van der Waals surface area contributed by atoms with Crippen molar-refractivity contribution in [2.24, 2.45) is 0 Å². The largest absolute Gasteiger partial charge is 0.342 e. The monoisotopic (exact) mass is 296 g/mol. The average molecular weight is 296 g/mol. The van der Waals surface area contributed by atoms with Crippen molar-refractivity contribution in [3.63, 3.8) is 0 Å². The van der Waals surface area contributed by atoms with Gasteiger partial charge in [0, 0.05) is 24.3 Å². The van der Waals surface area contributed by atoms with Crippen molar-refractivity contribution in [1.82, 2.24) is 10.2 Å². The maximum Gasteiger partial charge on any atom is 0.248 e. The Morgan fingerprint density at radius 1 is 1.20 bits per heavy atom. The summed E-state index contributed by atoms with van der Waals surface area (Å²) in [6, 6.07) is 0.336. The number of rotatable bonds is 2. The first kappa shape index (κ1) is 14.2. The second-order valence-electron chi connectivity index (χ2n) is 6.36. The molecule has 1 N–H and O–H groups in total. The lowest BCUT2D eigenvalue weighted by Gasteiger charge is -2.37. The fraction of sp³-hybridized carbons (Fsp3) is 0.867. The maximum absolute atomic E-state index is 13.1. The van der Waals surface area contributed by atoms with Gasteiger partial charge < -0.3 is 10.2 Å². The molecule has 1 aliphatic heterocycles. The molecule has 2 saturated carbocycles. The van der Waals surface area contributed by atoms with Gasteiger partial charge in [0.25, 0.3) is 0 Å². The molecule has 2 amide bonds. The summed E-state index contributed by atoms with van der Waals surface area (Å²) in [5.74, 6) is 0.258. The number of thioether (sulfide) groups is 1. The zero-order valence-corrected chi connectivity index (χ0v) is 13.0. The lowest BCUT2D eigenvalue weighted by Crippen LogP contribution is -2.58. The Balaban J connectivity index is 1.86. The van der Waals surface area contributed by atoms with E-state index in [1.165, 1.54) is 12.8 Å². The maximum atomic E-state index is 13.1. The minimum atomic E-state index is -0.570. The molecule has 2 unspecified atom stereocenters. The van der Waals surface area contributed by atoms with E-state index < -0.39 is 5.54 Å². The quantitative estimate of drug-likeness (QED) is 0.847. The van der Waals surface area contributed by atoms with Crippen molar-refractivity contribution in [3.05, 3.63) is 0 Å². The van der Waals surface area contributed by atoms with Crippen LogP contribution in [0.2, 0.25) is 0 Å². The summed E-state index contributed by atoms with van der Waals surface area (Å²) in [4.78, 5) is 27.1. The molecule has 3 fully saturated rings. The van der Waals surface area contributed by atoms with Crippen LogP contribution in [0, 0.1) is 0 Å². The van der Waals surface area contributed by atoms with E-state index in [-0.39, 0.29) is 11.8 Å². The molecule has 1 spiro atoms. The number of nitrogens with zero attached hydrogens (tertiary/aromatic N) is 1. The van der Waals surface area contributed by atoms with Crippen LogP contribution in [0.5, 0.6) is 0 Å². The molecular formula is C15H24N2O2S. The molecular weight excluding hydrogens is 272 g/mol. The van der Waals surface area contributed by atoms with E-state index in [9.17, 15) is 9.59 Å². The Hall–Kier alpha value is -0.710.